The molecule has 0 aliphatic carbocycles. The molecule has 1 unspecified atom stereocenters. The smallest absolute Gasteiger partial charge is 0.410 e. The molecule has 6 heteroatoms. The molecule has 0 radical (unpaired) electrons. The van der Waals surface area contributed by atoms with Gasteiger partial charge < -0.3 is 15.0 Å². The highest BCUT2D eigenvalue weighted by Crippen LogP contribution is 2.23. The van der Waals surface area contributed by atoms with Gasteiger partial charge in [0.15, 0.2) is 0 Å². The van der Waals surface area contributed by atoms with Crippen molar-refractivity contribution in [2.24, 2.45) is 0 Å². The van der Waals surface area contributed by atoms with Gasteiger partial charge in [0.25, 0.3) is 0 Å². The zero-order chi connectivity index (χ0) is 15.6. The lowest BCUT2D eigenvalue weighted by molar-refractivity contribution is 0.0195. The van der Waals surface area contributed by atoms with Crippen LogP contribution >= 0.6 is 11.6 Å². The highest BCUT2D eigenvalue weighted by Gasteiger charge is 2.28. The van der Waals surface area contributed by atoms with Gasteiger partial charge >= 0.3 is 6.09 Å². The Labute approximate surface area is 129 Å². The molecule has 1 fully saturated rings. The Bertz CT molecular complexity index is 531. The molecule has 1 amide bonds. The number of nitrogens with one attached hydrogen (secondary N) is 1. The topological polar surface area (TPSA) is 41.6 Å². The lowest BCUT2D eigenvalue weighted by atomic mass is 10.0. The molecule has 1 saturated heterocycles. The summed E-state index contributed by atoms with van der Waals surface area (Å²) >= 11 is 5.81. The van der Waals surface area contributed by atoms with E-state index < -0.39 is 11.4 Å². The van der Waals surface area contributed by atoms with Gasteiger partial charge in [-0.25, -0.2) is 9.18 Å². The molecule has 21 heavy (non-hydrogen) atoms. The number of hydrogen-bond acceptors (Lipinski definition) is 3. The van der Waals surface area contributed by atoms with Crippen LogP contribution in [-0.4, -0.2) is 36.2 Å². The van der Waals surface area contributed by atoms with E-state index in [1.807, 2.05) is 20.8 Å². The number of piperazine rings is 1. The zero-order valence-electron chi connectivity index (χ0n) is 12.5. The second kappa shape index (κ2) is 6.20. The Morgan fingerprint density at radius 3 is 2.81 bits per heavy atom. The number of hydrogen-bond donors (Lipinski definition) is 1. The molecule has 0 spiro atoms. The van der Waals surface area contributed by atoms with Crippen molar-refractivity contribution in [3.8, 4) is 0 Å². The number of carbonyl (C=O) groups is 1. The SMILES string of the molecule is CC(C)(C)OC(=O)N1CCNC(c2ccc(F)c(Cl)c2)C1. The molecule has 0 bridgehead atoms. The minimum absolute atomic E-state index is 0.0793. The van der Waals surface area contributed by atoms with Gasteiger partial charge in [-0.05, 0) is 38.5 Å². The molecule has 4 nitrogen and oxygen atoms in total. The quantitative estimate of drug-likeness (QED) is 0.864. The van der Waals surface area contributed by atoms with Crippen LogP contribution in [-0.2, 0) is 4.74 Å². The van der Waals surface area contributed by atoms with E-state index in [4.69, 9.17) is 16.3 Å². The molecule has 1 aromatic carbocycles. The number of halogens is 2. The first-order valence-corrected chi connectivity index (χ1v) is 7.30. The van der Waals surface area contributed by atoms with E-state index in [9.17, 15) is 9.18 Å². The number of rotatable bonds is 1. The first kappa shape index (κ1) is 16.0. The van der Waals surface area contributed by atoms with Crippen LogP contribution in [0.3, 0.4) is 0 Å². The molecule has 1 aromatic rings. The fourth-order valence-electron chi connectivity index (χ4n) is 2.19. The van der Waals surface area contributed by atoms with Crippen molar-refractivity contribution in [2.75, 3.05) is 19.6 Å². The van der Waals surface area contributed by atoms with Crippen molar-refractivity contribution in [2.45, 2.75) is 32.4 Å². The number of amides is 1. The first-order chi connectivity index (χ1) is 9.76. The van der Waals surface area contributed by atoms with Gasteiger partial charge in [-0.15, -0.1) is 0 Å². The second-order valence-corrected chi connectivity index (χ2v) is 6.51. The number of ether oxygens (including phenoxy) is 1. The van der Waals surface area contributed by atoms with Crippen molar-refractivity contribution >= 4 is 17.7 Å². The fourth-order valence-corrected chi connectivity index (χ4v) is 2.38. The van der Waals surface area contributed by atoms with E-state index >= 15 is 0 Å². The summed E-state index contributed by atoms with van der Waals surface area (Å²) in [5.74, 6) is -0.444. The van der Waals surface area contributed by atoms with Gasteiger partial charge in [-0.2, -0.15) is 0 Å². The third-order valence-electron chi connectivity index (χ3n) is 3.17. The highest BCUT2D eigenvalue weighted by atomic mass is 35.5. The van der Waals surface area contributed by atoms with Gasteiger partial charge in [0.1, 0.15) is 11.4 Å². The van der Waals surface area contributed by atoms with E-state index in [1.54, 1.807) is 17.0 Å². The van der Waals surface area contributed by atoms with Crippen LogP contribution < -0.4 is 5.32 Å². The van der Waals surface area contributed by atoms with Crippen LogP contribution in [0.2, 0.25) is 5.02 Å². The van der Waals surface area contributed by atoms with Crippen LogP contribution in [0.15, 0.2) is 18.2 Å². The third-order valence-corrected chi connectivity index (χ3v) is 3.46. The Hall–Kier alpha value is -1.33. The maximum absolute atomic E-state index is 13.2. The summed E-state index contributed by atoms with van der Waals surface area (Å²) in [5.41, 5.74) is 0.339. The van der Waals surface area contributed by atoms with Gasteiger partial charge in [-0.3, -0.25) is 0 Å². The summed E-state index contributed by atoms with van der Waals surface area (Å²) in [5, 5.41) is 3.39. The van der Waals surface area contributed by atoms with Crippen LogP contribution in [0.1, 0.15) is 32.4 Å². The normalized spacial score (nSPS) is 19.5. The predicted molar refractivity (Wildman–Crippen MR) is 80.0 cm³/mol. The Morgan fingerprint density at radius 1 is 1.48 bits per heavy atom. The van der Waals surface area contributed by atoms with Crippen LogP contribution in [0.5, 0.6) is 0 Å². The van der Waals surface area contributed by atoms with Crippen LogP contribution in [0, 0.1) is 5.82 Å². The third kappa shape index (κ3) is 4.32. The maximum atomic E-state index is 13.2. The molecule has 116 valence electrons. The molecular formula is C15H20ClFN2O2. The van der Waals surface area contributed by atoms with Gasteiger partial charge in [0, 0.05) is 19.6 Å². The molecule has 1 heterocycles. The number of nitrogens with zero attached hydrogens (tertiary/aromatic N) is 1. The van der Waals surface area contributed by atoms with Crippen molar-refractivity contribution in [3.05, 3.63) is 34.6 Å². The molecule has 0 saturated carbocycles. The molecule has 1 aliphatic heterocycles. The van der Waals surface area contributed by atoms with Gasteiger partial charge in [0.05, 0.1) is 11.1 Å². The Balaban J connectivity index is 2.06. The molecule has 1 atom stereocenters. The minimum atomic E-state index is -0.517. The van der Waals surface area contributed by atoms with E-state index in [1.165, 1.54) is 6.07 Å². The second-order valence-electron chi connectivity index (χ2n) is 6.11. The Morgan fingerprint density at radius 2 is 2.19 bits per heavy atom. The standard InChI is InChI=1S/C15H20ClFN2O2/c1-15(2,3)21-14(20)19-7-6-18-13(9-19)10-4-5-12(17)11(16)8-10/h4-5,8,13,18H,6-7,9H2,1-3H3. The summed E-state index contributed by atoms with van der Waals surface area (Å²) < 4.78 is 18.6. The number of carbonyl (C=O) groups excluding carboxylic acids is 1. The zero-order valence-corrected chi connectivity index (χ0v) is 13.2. The molecule has 1 N–H and O–H groups in total. The van der Waals surface area contributed by atoms with E-state index in [2.05, 4.69) is 5.32 Å². The summed E-state index contributed by atoms with van der Waals surface area (Å²) in [7, 11) is 0. The molecule has 1 aliphatic rings. The van der Waals surface area contributed by atoms with E-state index in [0.29, 0.717) is 19.6 Å². The molecule has 0 aromatic heterocycles. The van der Waals surface area contributed by atoms with Crippen LogP contribution in [0.25, 0.3) is 0 Å². The van der Waals surface area contributed by atoms with E-state index in [-0.39, 0.29) is 17.2 Å². The summed E-state index contributed by atoms with van der Waals surface area (Å²) in [4.78, 5) is 13.8. The lowest BCUT2D eigenvalue weighted by Gasteiger charge is -2.35. The summed E-state index contributed by atoms with van der Waals surface area (Å²) in [6.45, 7) is 7.22. The summed E-state index contributed by atoms with van der Waals surface area (Å²) in [6.07, 6.45) is -0.331. The van der Waals surface area contributed by atoms with Crippen molar-refractivity contribution in [3.63, 3.8) is 0 Å². The van der Waals surface area contributed by atoms with Crippen LogP contribution in [0.4, 0.5) is 9.18 Å². The van der Waals surface area contributed by atoms with Crippen molar-refractivity contribution in [1.29, 1.82) is 0 Å². The van der Waals surface area contributed by atoms with Gasteiger partial charge in [-0.1, -0.05) is 17.7 Å². The fraction of sp³-hybridized carbons (Fsp3) is 0.533. The number of benzene rings is 1. The van der Waals surface area contributed by atoms with Crippen molar-refractivity contribution in [1.82, 2.24) is 10.2 Å². The predicted octanol–water partition coefficient (Wildman–Crippen LogP) is 3.36. The largest absolute Gasteiger partial charge is 0.444 e. The monoisotopic (exact) mass is 314 g/mol. The average Bonchev–Trinajstić information content (AvgIpc) is 2.40. The van der Waals surface area contributed by atoms with Gasteiger partial charge in [0.2, 0.25) is 0 Å². The Kier molecular flexibility index (Phi) is 4.74. The lowest BCUT2D eigenvalue weighted by Crippen LogP contribution is -2.49. The minimum Gasteiger partial charge on any atom is -0.444 e. The molecular weight excluding hydrogens is 295 g/mol. The molecule has 2 rings (SSSR count). The maximum Gasteiger partial charge on any atom is 0.410 e. The van der Waals surface area contributed by atoms with E-state index in [0.717, 1.165) is 5.56 Å². The average molecular weight is 315 g/mol. The summed E-state index contributed by atoms with van der Waals surface area (Å²) in [6, 6.07) is 4.53. The highest BCUT2D eigenvalue weighted by molar-refractivity contribution is 6.30. The van der Waals surface area contributed by atoms with Crippen molar-refractivity contribution < 1.29 is 13.9 Å². The first-order valence-electron chi connectivity index (χ1n) is 6.92.